The number of para-hydroxylation sites is 1. The summed E-state index contributed by atoms with van der Waals surface area (Å²) in [6.45, 7) is 4.87. The largest absolute Gasteiger partial charge is 0.396 e. The normalized spacial score (nSPS) is 26.0. The second-order valence-electron chi connectivity index (χ2n) is 6.96. The van der Waals surface area contributed by atoms with E-state index in [0.717, 1.165) is 45.3 Å². The van der Waals surface area contributed by atoms with Crippen LogP contribution < -0.4 is 0 Å². The highest BCUT2D eigenvalue weighted by Gasteiger charge is 2.41. The molecule has 2 atom stereocenters. The maximum atomic E-state index is 10.4. The molecule has 0 radical (unpaired) electrons. The number of benzene rings is 1. The fourth-order valence-electron chi connectivity index (χ4n) is 4.03. The van der Waals surface area contributed by atoms with Crippen LogP contribution >= 0.6 is 0 Å². The summed E-state index contributed by atoms with van der Waals surface area (Å²) in [5.41, 5.74) is 2.19. The van der Waals surface area contributed by atoms with Gasteiger partial charge < -0.3 is 20.1 Å². The van der Waals surface area contributed by atoms with Crippen molar-refractivity contribution in [3.63, 3.8) is 0 Å². The van der Waals surface area contributed by atoms with Crippen molar-refractivity contribution in [3.05, 3.63) is 36.0 Å². The molecule has 2 heterocycles. The number of rotatable bonds is 6. The third-order valence-corrected chi connectivity index (χ3v) is 5.40. The van der Waals surface area contributed by atoms with Gasteiger partial charge in [0.25, 0.3) is 0 Å². The van der Waals surface area contributed by atoms with Crippen molar-refractivity contribution in [1.82, 2.24) is 9.88 Å². The van der Waals surface area contributed by atoms with E-state index in [0.29, 0.717) is 0 Å². The quantitative estimate of drug-likeness (QED) is 0.767. The number of hydrogen-bond acceptors (Lipinski definition) is 3. The smallest absolute Gasteiger partial charge is 0.0642 e. The second kappa shape index (κ2) is 7.04. The average Bonchev–Trinajstić information content (AvgIpc) is 2.99. The van der Waals surface area contributed by atoms with Gasteiger partial charge in [0.05, 0.1) is 12.7 Å². The molecular weight excluding hydrogens is 288 g/mol. The molecule has 0 unspecified atom stereocenters. The van der Waals surface area contributed by atoms with E-state index in [4.69, 9.17) is 0 Å². The maximum absolute atomic E-state index is 10.4. The molecule has 0 aliphatic carbocycles. The van der Waals surface area contributed by atoms with Gasteiger partial charge in [0.1, 0.15) is 0 Å². The number of aromatic nitrogens is 1. The van der Waals surface area contributed by atoms with Crippen LogP contribution in [0.1, 0.15) is 31.7 Å². The molecule has 0 spiro atoms. The minimum absolute atomic E-state index is 0.0750. The van der Waals surface area contributed by atoms with Crippen molar-refractivity contribution in [2.45, 2.75) is 38.7 Å². The Kier molecular flexibility index (Phi) is 5.05. The summed E-state index contributed by atoms with van der Waals surface area (Å²) in [6.07, 6.45) is 5.36. The van der Waals surface area contributed by atoms with Gasteiger partial charge in [-0.1, -0.05) is 31.5 Å². The zero-order valence-corrected chi connectivity index (χ0v) is 14.0. The number of H-pyrrole nitrogens is 1. The first-order valence-electron chi connectivity index (χ1n) is 8.75. The van der Waals surface area contributed by atoms with E-state index in [1.165, 1.54) is 16.5 Å². The average molecular weight is 316 g/mol. The first kappa shape index (κ1) is 16.5. The highest BCUT2D eigenvalue weighted by molar-refractivity contribution is 5.83. The lowest BCUT2D eigenvalue weighted by Crippen LogP contribution is -2.54. The third kappa shape index (κ3) is 3.30. The number of fused-ring (bicyclic) bond motifs is 1. The predicted octanol–water partition coefficient (Wildman–Crippen LogP) is 2.56. The van der Waals surface area contributed by atoms with Crippen LogP contribution in [0.25, 0.3) is 10.9 Å². The molecule has 1 aromatic heterocycles. The van der Waals surface area contributed by atoms with E-state index in [-0.39, 0.29) is 18.1 Å². The summed E-state index contributed by atoms with van der Waals surface area (Å²) in [7, 11) is 0. The molecule has 0 bridgehead atoms. The van der Waals surface area contributed by atoms with E-state index < -0.39 is 0 Å². The summed E-state index contributed by atoms with van der Waals surface area (Å²) in [4.78, 5) is 5.74. The van der Waals surface area contributed by atoms with Crippen LogP contribution in [0.4, 0.5) is 0 Å². The van der Waals surface area contributed by atoms with Gasteiger partial charge in [-0.05, 0) is 30.9 Å². The molecular formula is C19H28N2O2. The van der Waals surface area contributed by atoms with Crippen molar-refractivity contribution >= 4 is 10.9 Å². The van der Waals surface area contributed by atoms with Gasteiger partial charge in [-0.3, -0.25) is 0 Å². The Balaban J connectivity index is 1.66. The molecule has 1 aromatic carbocycles. The summed E-state index contributed by atoms with van der Waals surface area (Å²) in [5.74, 6) is 0. The number of nitrogens with one attached hydrogen (secondary N) is 1. The van der Waals surface area contributed by atoms with Crippen molar-refractivity contribution in [1.29, 1.82) is 0 Å². The van der Waals surface area contributed by atoms with Crippen molar-refractivity contribution < 1.29 is 10.2 Å². The molecule has 0 amide bonds. The van der Waals surface area contributed by atoms with Crippen molar-refractivity contribution in [2.24, 2.45) is 5.41 Å². The lowest BCUT2D eigenvalue weighted by molar-refractivity contribution is -0.0796. The molecule has 2 aromatic rings. The molecule has 1 saturated heterocycles. The molecule has 1 aliphatic heterocycles. The number of aliphatic hydroxyl groups is 2. The third-order valence-electron chi connectivity index (χ3n) is 5.40. The Hall–Kier alpha value is -1.36. The van der Waals surface area contributed by atoms with Gasteiger partial charge in [-0.2, -0.15) is 0 Å². The highest BCUT2D eigenvalue weighted by Crippen LogP contribution is 2.34. The van der Waals surface area contributed by atoms with Crippen LogP contribution in [-0.2, 0) is 6.42 Å². The van der Waals surface area contributed by atoms with Gasteiger partial charge in [0.15, 0.2) is 0 Å². The molecule has 3 N–H and O–H groups in total. The molecule has 4 heteroatoms. The van der Waals surface area contributed by atoms with E-state index in [9.17, 15) is 10.2 Å². The van der Waals surface area contributed by atoms with Crippen LogP contribution in [0.15, 0.2) is 30.5 Å². The summed E-state index contributed by atoms with van der Waals surface area (Å²) < 4.78 is 0. The molecule has 0 saturated carbocycles. The summed E-state index contributed by atoms with van der Waals surface area (Å²) in [5, 5.41) is 21.5. The first-order valence-corrected chi connectivity index (χ1v) is 8.75. The lowest BCUT2D eigenvalue weighted by Gasteiger charge is -2.45. The number of aliphatic hydroxyl groups excluding tert-OH is 2. The Bertz CT molecular complexity index is 639. The van der Waals surface area contributed by atoms with E-state index in [2.05, 4.69) is 47.3 Å². The van der Waals surface area contributed by atoms with Crippen LogP contribution in [-0.4, -0.2) is 52.4 Å². The van der Waals surface area contributed by atoms with Crippen LogP contribution in [0.2, 0.25) is 0 Å². The topological polar surface area (TPSA) is 59.5 Å². The van der Waals surface area contributed by atoms with Gasteiger partial charge in [0, 0.05) is 42.1 Å². The van der Waals surface area contributed by atoms with Crippen LogP contribution in [0.3, 0.4) is 0 Å². The molecule has 4 nitrogen and oxygen atoms in total. The first-order chi connectivity index (χ1) is 11.2. The lowest BCUT2D eigenvalue weighted by atomic mass is 9.74. The van der Waals surface area contributed by atoms with E-state index in [1.807, 2.05) is 0 Å². The molecule has 1 fully saturated rings. The molecule has 1 aliphatic rings. The minimum atomic E-state index is -0.378. The number of likely N-dealkylation sites (tertiary alicyclic amines) is 1. The number of piperidine rings is 1. The fraction of sp³-hybridized carbons (Fsp3) is 0.579. The Morgan fingerprint density at radius 2 is 2.17 bits per heavy atom. The number of hydrogen-bond donors (Lipinski definition) is 3. The van der Waals surface area contributed by atoms with Crippen molar-refractivity contribution in [2.75, 3.05) is 26.2 Å². The van der Waals surface area contributed by atoms with Crippen molar-refractivity contribution in [3.8, 4) is 0 Å². The van der Waals surface area contributed by atoms with Gasteiger partial charge >= 0.3 is 0 Å². The van der Waals surface area contributed by atoms with Crippen LogP contribution in [0, 0.1) is 5.41 Å². The SMILES string of the molecule is CCC[C@@]1(CO)CN(CCc2c[nH]c3ccccc23)CC[C@@H]1O. The standard InChI is InChI=1S/C19H28N2O2/c1-2-9-19(14-22)13-21(11-8-18(19)23)10-7-15-12-20-17-6-4-3-5-16(15)17/h3-6,12,18,20,22-23H,2,7-11,13-14H2,1H3/t18-,19-/m0/s1. The van der Waals surface area contributed by atoms with Gasteiger partial charge in [0.2, 0.25) is 0 Å². The predicted molar refractivity (Wildman–Crippen MR) is 93.5 cm³/mol. The van der Waals surface area contributed by atoms with Gasteiger partial charge in [-0.15, -0.1) is 0 Å². The Morgan fingerprint density at radius 3 is 2.96 bits per heavy atom. The number of aromatic amines is 1. The summed E-state index contributed by atoms with van der Waals surface area (Å²) >= 11 is 0. The zero-order chi connectivity index (χ0) is 16.3. The molecule has 126 valence electrons. The minimum Gasteiger partial charge on any atom is -0.396 e. The molecule has 23 heavy (non-hydrogen) atoms. The molecule has 3 rings (SSSR count). The zero-order valence-electron chi connectivity index (χ0n) is 14.0. The number of nitrogens with zero attached hydrogens (tertiary/aromatic N) is 1. The monoisotopic (exact) mass is 316 g/mol. The van der Waals surface area contributed by atoms with Gasteiger partial charge in [-0.25, -0.2) is 0 Å². The highest BCUT2D eigenvalue weighted by atomic mass is 16.3. The van der Waals surface area contributed by atoms with E-state index in [1.54, 1.807) is 0 Å². The summed E-state index contributed by atoms with van der Waals surface area (Å²) in [6, 6.07) is 8.40. The second-order valence-corrected chi connectivity index (χ2v) is 6.96. The van der Waals surface area contributed by atoms with Crippen LogP contribution in [0.5, 0.6) is 0 Å². The maximum Gasteiger partial charge on any atom is 0.0642 e. The Morgan fingerprint density at radius 1 is 1.35 bits per heavy atom. The fourth-order valence-corrected chi connectivity index (χ4v) is 4.03. The van der Waals surface area contributed by atoms with E-state index >= 15 is 0 Å². The Labute approximate surface area is 138 Å².